The molecule has 2 N–H and O–H groups in total. The first-order valence-corrected chi connectivity index (χ1v) is 7.34. The zero-order valence-corrected chi connectivity index (χ0v) is 13.2. The highest BCUT2D eigenvalue weighted by atomic mass is 35.5. The van der Waals surface area contributed by atoms with Crippen molar-refractivity contribution in [3.8, 4) is 0 Å². The van der Waals surface area contributed by atoms with E-state index in [0.29, 0.717) is 5.69 Å². The van der Waals surface area contributed by atoms with Crippen molar-refractivity contribution in [2.24, 2.45) is 0 Å². The van der Waals surface area contributed by atoms with Gasteiger partial charge < -0.3 is 10.3 Å². The molecule has 3 aromatic rings. The average Bonchev–Trinajstić information content (AvgIpc) is 2.50. The molecule has 2 aromatic carbocycles. The van der Waals surface area contributed by atoms with Crippen LogP contribution >= 0.6 is 11.6 Å². The summed E-state index contributed by atoms with van der Waals surface area (Å²) in [7, 11) is 0. The highest BCUT2D eigenvalue weighted by Gasteiger charge is 2.20. The van der Waals surface area contributed by atoms with Crippen LogP contribution in [-0.2, 0) is 0 Å². The molecule has 0 spiro atoms. The normalized spacial score (nSPS) is 10.8. The Balaban J connectivity index is 2.30. The second kappa shape index (κ2) is 6.05. The number of aromatic amines is 1. The topological polar surface area (TPSA) is 62.0 Å². The summed E-state index contributed by atoms with van der Waals surface area (Å²) >= 11 is 6.02. The predicted molar refractivity (Wildman–Crippen MR) is 89.2 cm³/mol. The maximum Gasteiger partial charge on any atom is 0.205 e. The summed E-state index contributed by atoms with van der Waals surface area (Å²) in [5.41, 5.74) is -0.659. The molecule has 24 heavy (non-hydrogen) atoms. The Morgan fingerprint density at radius 3 is 2.62 bits per heavy atom. The van der Waals surface area contributed by atoms with Crippen LogP contribution in [0.1, 0.15) is 17.3 Å². The van der Waals surface area contributed by atoms with Crippen molar-refractivity contribution in [1.29, 1.82) is 0 Å². The lowest BCUT2D eigenvalue weighted by Crippen LogP contribution is -2.18. The lowest BCUT2D eigenvalue weighted by molar-refractivity contribution is 0.101. The average molecular weight is 349 g/mol. The van der Waals surface area contributed by atoms with E-state index in [4.69, 9.17) is 11.6 Å². The minimum atomic E-state index is -0.782. The Hall–Kier alpha value is -2.73. The van der Waals surface area contributed by atoms with E-state index < -0.39 is 22.8 Å². The van der Waals surface area contributed by atoms with E-state index in [9.17, 15) is 18.4 Å². The molecule has 3 rings (SSSR count). The summed E-state index contributed by atoms with van der Waals surface area (Å²) in [5.74, 6) is -1.80. The van der Waals surface area contributed by atoms with E-state index in [0.717, 1.165) is 6.07 Å². The molecule has 4 nitrogen and oxygen atoms in total. The van der Waals surface area contributed by atoms with Gasteiger partial charge >= 0.3 is 0 Å². The number of nitrogens with one attached hydrogen (secondary N) is 2. The van der Waals surface area contributed by atoms with Crippen LogP contribution < -0.4 is 10.7 Å². The van der Waals surface area contributed by atoms with Crippen molar-refractivity contribution in [3.63, 3.8) is 0 Å². The fraction of sp³-hybridized carbons (Fsp3) is 0.0588. The van der Waals surface area contributed by atoms with Gasteiger partial charge in [0.15, 0.2) is 5.78 Å². The molecule has 1 heterocycles. The number of fused-ring (bicyclic) bond motifs is 1. The number of aromatic nitrogens is 1. The first-order chi connectivity index (χ1) is 11.4. The molecular formula is C17H11ClF2N2O2. The van der Waals surface area contributed by atoms with Crippen molar-refractivity contribution in [2.75, 3.05) is 5.32 Å². The molecule has 0 saturated carbocycles. The molecule has 1 aromatic heterocycles. The van der Waals surface area contributed by atoms with Gasteiger partial charge in [0, 0.05) is 5.69 Å². The quantitative estimate of drug-likeness (QED) is 0.689. The zero-order valence-electron chi connectivity index (χ0n) is 12.4. The Labute approximate surface area is 140 Å². The molecule has 7 heteroatoms. The Bertz CT molecular complexity index is 1030. The number of benzene rings is 2. The van der Waals surface area contributed by atoms with Gasteiger partial charge in [0.1, 0.15) is 23.0 Å². The van der Waals surface area contributed by atoms with E-state index in [2.05, 4.69) is 10.3 Å². The minimum Gasteiger partial charge on any atom is -0.341 e. The molecule has 0 unspecified atom stereocenters. The molecule has 0 aliphatic rings. The summed E-state index contributed by atoms with van der Waals surface area (Å²) < 4.78 is 27.4. The van der Waals surface area contributed by atoms with Crippen molar-refractivity contribution in [2.45, 2.75) is 6.92 Å². The number of Topliss-reactive ketones (excluding diaryl/α,β-unsaturated/α-hetero) is 1. The van der Waals surface area contributed by atoms with Crippen LogP contribution in [0.2, 0.25) is 5.02 Å². The van der Waals surface area contributed by atoms with E-state index in [1.165, 1.54) is 31.2 Å². The molecule has 0 saturated heterocycles. The molecule has 0 atom stereocenters. The van der Waals surface area contributed by atoms with Gasteiger partial charge in [-0.2, -0.15) is 0 Å². The van der Waals surface area contributed by atoms with Crippen molar-refractivity contribution >= 4 is 39.8 Å². The number of rotatable bonds is 3. The van der Waals surface area contributed by atoms with E-state index >= 15 is 0 Å². The Morgan fingerprint density at radius 2 is 1.96 bits per heavy atom. The summed E-state index contributed by atoms with van der Waals surface area (Å²) in [6.45, 7) is 1.19. The van der Waals surface area contributed by atoms with Crippen LogP contribution in [0, 0.1) is 11.6 Å². The number of hydrogen-bond acceptors (Lipinski definition) is 3. The van der Waals surface area contributed by atoms with Crippen LogP contribution in [0.5, 0.6) is 0 Å². The van der Waals surface area contributed by atoms with Gasteiger partial charge in [-0.25, -0.2) is 8.78 Å². The smallest absolute Gasteiger partial charge is 0.205 e. The fourth-order valence-electron chi connectivity index (χ4n) is 2.46. The number of pyridine rings is 1. The number of hydrogen-bond donors (Lipinski definition) is 2. The van der Waals surface area contributed by atoms with Gasteiger partial charge in [0.2, 0.25) is 5.43 Å². The highest BCUT2D eigenvalue weighted by molar-refractivity contribution is 6.35. The van der Waals surface area contributed by atoms with Gasteiger partial charge in [-0.05, 0) is 37.3 Å². The van der Waals surface area contributed by atoms with Gasteiger partial charge in [-0.1, -0.05) is 17.7 Å². The fourth-order valence-corrected chi connectivity index (χ4v) is 2.67. The van der Waals surface area contributed by atoms with Gasteiger partial charge in [-0.3, -0.25) is 9.59 Å². The number of ketones is 1. The highest BCUT2D eigenvalue weighted by Crippen LogP contribution is 2.26. The molecule has 0 aliphatic carbocycles. The summed E-state index contributed by atoms with van der Waals surface area (Å²) in [6, 6.07) is 7.84. The number of carbonyl (C=O) groups is 1. The lowest BCUT2D eigenvalue weighted by Gasteiger charge is -2.13. The predicted octanol–water partition coefficient (Wildman–Crippen LogP) is 4.41. The van der Waals surface area contributed by atoms with E-state index in [-0.39, 0.29) is 27.3 Å². The second-order valence-corrected chi connectivity index (χ2v) is 5.58. The number of carbonyl (C=O) groups excluding carboxylic acids is 1. The molecule has 0 fully saturated rings. The van der Waals surface area contributed by atoms with Gasteiger partial charge in [0.25, 0.3) is 0 Å². The third-order valence-corrected chi connectivity index (χ3v) is 3.82. The van der Waals surface area contributed by atoms with Crippen molar-refractivity contribution < 1.29 is 13.6 Å². The van der Waals surface area contributed by atoms with Crippen LogP contribution in [-0.4, -0.2) is 10.8 Å². The maximum absolute atomic E-state index is 14.0. The van der Waals surface area contributed by atoms with E-state index in [1.54, 1.807) is 6.07 Å². The van der Waals surface area contributed by atoms with Gasteiger partial charge in [0.05, 0.1) is 15.9 Å². The number of H-pyrrole nitrogens is 1. The molecule has 0 bridgehead atoms. The van der Waals surface area contributed by atoms with Crippen molar-refractivity contribution in [1.82, 2.24) is 4.98 Å². The second-order valence-electron chi connectivity index (χ2n) is 5.17. The third-order valence-electron chi connectivity index (χ3n) is 3.50. The third kappa shape index (κ3) is 2.76. The van der Waals surface area contributed by atoms with Gasteiger partial charge in [-0.15, -0.1) is 0 Å². The lowest BCUT2D eigenvalue weighted by atomic mass is 10.1. The Kier molecular flexibility index (Phi) is 4.07. The standard InChI is InChI=1S/C17H11ClF2N2O2/c1-8(23)13-16(24)14-12(20)6-5-11(18)15(14)22-17(13)21-10-4-2-3-9(19)7-10/h2-7H,1H3,(H2,21,22,24). The molecule has 122 valence electrons. The van der Waals surface area contributed by atoms with Crippen LogP contribution in [0.15, 0.2) is 41.2 Å². The zero-order chi connectivity index (χ0) is 17.4. The van der Waals surface area contributed by atoms with E-state index in [1.807, 2.05) is 0 Å². The summed E-state index contributed by atoms with van der Waals surface area (Å²) in [6.07, 6.45) is 0. The first-order valence-electron chi connectivity index (χ1n) is 6.96. The monoisotopic (exact) mass is 348 g/mol. The number of halogens is 3. The van der Waals surface area contributed by atoms with Crippen molar-refractivity contribution in [3.05, 3.63) is 68.8 Å². The summed E-state index contributed by atoms with van der Waals surface area (Å²) in [5, 5.41) is 2.61. The van der Waals surface area contributed by atoms with Crippen LogP contribution in [0.25, 0.3) is 10.9 Å². The largest absolute Gasteiger partial charge is 0.341 e. The molecule has 0 aliphatic heterocycles. The molecular weight excluding hydrogens is 338 g/mol. The van der Waals surface area contributed by atoms with Crippen LogP contribution in [0.4, 0.5) is 20.3 Å². The minimum absolute atomic E-state index is 0.0260. The Morgan fingerprint density at radius 1 is 1.21 bits per heavy atom. The van der Waals surface area contributed by atoms with Crippen LogP contribution in [0.3, 0.4) is 0 Å². The first kappa shape index (κ1) is 16.1. The maximum atomic E-state index is 14.0. The number of anilines is 2. The molecule has 0 amide bonds. The molecule has 0 radical (unpaired) electrons. The SMILES string of the molecule is CC(=O)c1c(Nc2cccc(F)c2)[nH]c2c(Cl)ccc(F)c2c1=O. The summed E-state index contributed by atoms with van der Waals surface area (Å²) in [4.78, 5) is 27.2.